The standard InChI is InChI=1S/C28H29NO5S/c1-2-20-5-7-21(8-6-20)18-25(30)19-22-9-11-23(12-10-22)24-13-15-26(16-14-24)35(33,34)29-17-3-4-27(29)28(31)32/h5-16,27H,2-4,17-19H2,1H3,(H,31,32)/t27-/m0/s1. The van der Waals surface area contributed by atoms with Gasteiger partial charge in [0.25, 0.3) is 0 Å². The number of carbonyl (C=O) groups excluding carboxylic acids is 1. The molecule has 0 radical (unpaired) electrons. The Morgan fingerprint density at radius 1 is 0.829 bits per heavy atom. The molecule has 1 atom stereocenters. The first-order chi connectivity index (χ1) is 16.8. The molecule has 0 aliphatic carbocycles. The normalized spacial score (nSPS) is 16.3. The van der Waals surface area contributed by atoms with Gasteiger partial charge in [0.15, 0.2) is 0 Å². The lowest BCUT2D eigenvalue weighted by molar-refractivity contribution is -0.140. The Labute approximate surface area is 206 Å². The summed E-state index contributed by atoms with van der Waals surface area (Å²) in [6.45, 7) is 2.32. The van der Waals surface area contributed by atoms with Gasteiger partial charge < -0.3 is 5.11 Å². The van der Waals surface area contributed by atoms with Crippen LogP contribution in [0.3, 0.4) is 0 Å². The zero-order valence-corrected chi connectivity index (χ0v) is 20.5. The minimum absolute atomic E-state index is 0.0867. The molecular weight excluding hydrogens is 462 g/mol. The summed E-state index contributed by atoms with van der Waals surface area (Å²) in [6, 6.07) is 21.3. The third-order valence-corrected chi connectivity index (χ3v) is 8.39. The van der Waals surface area contributed by atoms with Gasteiger partial charge in [-0.2, -0.15) is 4.31 Å². The zero-order valence-electron chi connectivity index (χ0n) is 19.7. The van der Waals surface area contributed by atoms with E-state index in [0.29, 0.717) is 25.7 Å². The van der Waals surface area contributed by atoms with E-state index in [-0.39, 0.29) is 17.2 Å². The Hall–Kier alpha value is -3.29. The molecule has 6 nitrogen and oxygen atoms in total. The fourth-order valence-electron chi connectivity index (χ4n) is 4.46. The lowest BCUT2D eigenvalue weighted by Gasteiger charge is -2.21. The molecule has 1 heterocycles. The second-order valence-electron chi connectivity index (χ2n) is 8.90. The molecule has 0 aromatic heterocycles. The smallest absolute Gasteiger partial charge is 0.322 e. The molecule has 4 rings (SSSR count). The Balaban J connectivity index is 1.41. The van der Waals surface area contributed by atoms with Crippen molar-refractivity contribution in [1.82, 2.24) is 4.31 Å². The largest absolute Gasteiger partial charge is 0.480 e. The molecule has 1 fully saturated rings. The second kappa shape index (κ2) is 10.5. The van der Waals surface area contributed by atoms with E-state index in [0.717, 1.165) is 33.0 Å². The Bertz CT molecular complexity index is 1300. The van der Waals surface area contributed by atoms with Crippen molar-refractivity contribution in [3.05, 3.63) is 89.5 Å². The first-order valence-electron chi connectivity index (χ1n) is 11.8. The summed E-state index contributed by atoms with van der Waals surface area (Å²) in [5.74, 6) is -0.964. The van der Waals surface area contributed by atoms with Gasteiger partial charge >= 0.3 is 5.97 Å². The Morgan fingerprint density at radius 3 is 1.83 bits per heavy atom. The van der Waals surface area contributed by atoms with Gasteiger partial charge in [0, 0.05) is 19.4 Å². The molecule has 0 amide bonds. The molecular formula is C28H29NO5S. The van der Waals surface area contributed by atoms with E-state index in [1.165, 1.54) is 17.7 Å². The summed E-state index contributed by atoms with van der Waals surface area (Å²) < 4.78 is 27.0. The van der Waals surface area contributed by atoms with Gasteiger partial charge in [-0.1, -0.05) is 67.6 Å². The third kappa shape index (κ3) is 5.69. The lowest BCUT2D eigenvalue weighted by atomic mass is 9.99. The maximum Gasteiger partial charge on any atom is 0.322 e. The van der Waals surface area contributed by atoms with Crippen molar-refractivity contribution in [3.8, 4) is 11.1 Å². The number of carboxylic acids is 1. The van der Waals surface area contributed by atoms with Crippen LogP contribution in [0.4, 0.5) is 0 Å². The lowest BCUT2D eigenvalue weighted by Crippen LogP contribution is -2.40. The molecule has 1 aliphatic rings. The predicted octanol–water partition coefficient (Wildman–Crippen LogP) is 4.51. The van der Waals surface area contributed by atoms with E-state index in [9.17, 15) is 23.1 Å². The summed E-state index contributed by atoms with van der Waals surface area (Å²) in [6.07, 6.45) is 2.60. The maximum atomic E-state index is 12.9. The number of aliphatic carboxylic acids is 1. The van der Waals surface area contributed by atoms with Gasteiger partial charge in [0.05, 0.1) is 4.90 Å². The van der Waals surface area contributed by atoms with E-state index >= 15 is 0 Å². The van der Waals surface area contributed by atoms with E-state index in [1.807, 2.05) is 36.4 Å². The monoisotopic (exact) mass is 491 g/mol. The SMILES string of the molecule is CCc1ccc(CC(=O)Cc2ccc(-c3ccc(S(=O)(=O)N4CCC[C@H]4C(=O)O)cc3)cc2)cc1. The summed E-state index contributed by atoms with van der Waals surface area (Å²) in [4.78, 5) is 24.0. The molecule has 1 aliphatic heterocycles. The highest BCUT2D eigenvalue weighted by Crippen LogP contribution is 2.28. The van der Waals surface area contributed by atoms with Crippen LogP contribution in [0.2, 0.25) is 0 Å². The van der Waals surface area contributed by atoms with Gasteiger partial charge in [-0.05, 0) is 59.2 Å². The van der Waals surface area contributed by atoms with Crippen molar-refractivity contribution < 1.29 is 23.1 Å². The van der Waals surface area contributed by atoms with Crippen molar-refractivity contribution >= 4 is 21.8 Å². The van der Waals surface area contributed by atoms with E-state index in [1.54, 1.807) is 12.1 Å². The van der Waals surface area contributed by atoms with Gasteiger partial charge in [0.2, 0.25) is 10.0 Å². The van der Waals surface area contributed by atoms with Gasteiger partial charge in [-0.3, -0.25) is 9.59 Å². The molecule has 0 saturated carbocycles. The van der Waals surface area contributed by atoms with Crippen LogP contribution in [0.1, 0.15) is 36.5 Å². The average molecular weight is 492 g/mol. The topological polar surface area (TPSA) is 91.8 Å². The van der Waals surface area contributed by atoms with Gasteiger partial charge in [0.1, 0.15) is 11.8 Å². The molecule has 1 N–H and O–H groups in total. The second-order valence-corrected chi connectivity index (χ2v) is 10.8. The maximum absolute atomic E-state index is 12.9. The number of Topliss-reactive ketones (excluding diaryl/α,β-unsaturated/α-hetero) is 1. The number of carbonyl (C=O) groups is 2. The number of sulfonamides is 1. The Kier molecular flexibility index (Phi) is 7.48. The van der Waals surface area contributed by atoms with Crippen LogP contribution in [0, 0.1) is 0 Å². The minimum atomic E-state index is -3.87. The van der Waals surface area contributed by atoms with Gasteiger partial charge in [-0.25, -0.2) is 8.42 Å². The van der Waals surface area contributed by atoms with Crippen molar-refractivity contribution in [2.24, 2.45) is 0 Å². The van der Waals surface area contributed by atoms with Crippen LogP contribution in [0.15, 0.2) is 77.7 Å². The number of aryl methyl sites for hydroxylation is 1. The average Bonchev–Trinajstić information content (AvgIpc) is 3.37. The number of ketones is 1. The van der Waals surface area contributed by atoms with Crippen molar-refractivity contribution in [2.45, 2.75) is 50.0 Å². The molecule has 0 bridgehead atoms. The highest BCUT2D eigenvalue weighted by atomic mass is 32.2. The Morgan fingerprint density at radius 2 is 1.31 bits per heavy atom. The van der Waals surface area contributed by atoms with Crippen molar-refractivity contribution in [2.75, 3.05) is 6.54 Å². The predicted molar refractivity (Wildman–Crippen MR) is 135 cm³/mol. The van der Waals surface area contributed by atoms with Crippen LogP contribution in [0.5, 0.6) is 0 Å². The van der Waals surface area contributed by atoms with E-state index in [4.69, 9.17) is 0 Å². The highest BCUT2D eigenvalue weighted by Gasteiger charge is 2.39. The van der Waals surface area contributed by atoms with Crippen LogP contribution in [-0.2, 0) is 38.9 Å². The number of nitrogens with zero attached hydrogens (tertiary/aromatic N) is 1. The molecule has 7 heteroatoms. The highest BCUT2D eigenvalue weighted by molar-refractivity contribution is 7.89. The van der Waals surface area contributed by atoms with Crippen molar-refractivity contribution in [3.63, 3.8) is 0 Å². The van der Waals surface area contributed by atoms with Crippen LogP contribution < -0.4 is 0 Å². The van der Waals surface area contributed by atoms with Crippen LogP contribution in [-0.4, -0.2) is 42.2 Å². The fourth-order valence-corrected chi connectivity index (χ4v) is 6.11. The molecule has 0 spiro atoms. The number of hydrogen-bond donors (Lipinski definition) is 1. The number of benzene rings is 3. The number of carboxylic acid groups (broad SMARTS) is 1. The summed E-state index contributed by atoms with van der Waals surface area (Å²) in [5, 5.41) is 9.33. The molecule has 3 aromatic carbocycles. The van der Waals surface area contributed by atoms with Crippen molar-refractivity contribution in [1.29, 1.82) is 0 Å². The first kappa shape index (κ1) is 24.8. The first-order valence-corrected chi connectivity index (χ1v) is 13.3. The fraction of sp³-hybridized carbons (Fsp3) is 0.286. The zero-order chi connectivity index (χ0) is 25.0. The molecule has 1 saturated heterocycles. The van der Waals surface area contributed by atoms with Crippen LogP contribution in [0.25, 0.3) is 11.1 Å². The summed E-state index contributed by atoms with van der Waals surface area (Å²) in [7, 11) is -3.87. The van der Waals surface area contributed by atoms with Gasteiger partial charge in [-0.15, -0.1) is 0 Å². The van der Waals surface area contributed by atoms with E-state index in [2.05, 4.69) is 19.1 Å². The summed E-state index contributed by atoms with van der Waals surface area (Å²) >= 11 is 0. The summed E-state index contributed by atoms with van der Waals surface area (Å²) in [5.41, 5.74) is 4.95. The molecule has 35 heavy (non-hydrogen) atoms. The number of rotatable bonds is 9. The number of hydrogen-bond acceptors (Lipinski definition) is 4. The molecule has 3 aromatic rings. The van der Waals surface area contributed by atoms with Crippen LogP contribution >= 0.6 is 0 Å². The minimum Gasteiger partial charge on any atom is -0.480 e. The third-order valence-electron chi connectivity index (χ3n) is 6.47. The quantitative estimate of drug-likeness (QED) is 0.476. The molecule has 182 valence electrons. The van der Waals surface area contributed by atoms with E-state index < -0.39 is 22.0 Å². The molecule has 0 unspecified atom stereocenters.